The summed E-state index contributed by atoms with van der Waals surface area (Å²) in [5, 5.41) is 10.2. The van der Waals surface area contributed by atoms with Crippen LogP contribution in [0.15, 0.2) is 33.1 Å². The molecule has 0 aromatic carbocycles. The summed E-state index contributed by atoms with van der Waals surface area (Å²) in [6.07, 6.45) is 2.91. The Morgan fingerprint density at radius 2 is 2.47 bits per heavy atom. The molecule has 0 radical (unpaired) electrons. The lowest BCUT2D eigenvalue weighted by atomic mass is 10.2. The first kappa shape index (κ1) is 11.8. The molecule has 0 aromatic rings. The highest BCUT2D eigenvalue weighted by molar-refractivity contribution is 6.36. The van der Waals surface area contributed by atoms with Gasteiger partial charge in [0.15, 0.2) is 12.1 Å². The van der Waals surface area contributed by atoms with Crippen molar-refractivity contribution in [2.45, 2.75) is 13.2 Å². The molecule has 17 heavy (non-hydrogen) atoms. The summed E-state index contributed by atoms with van der Waals surface area (Å²) in [5.74, 6) is -0.190. The molecular formula is C10H10ClN3O3. The van der Waals surface area contributed by atoms with E-state index in [1.54, 1.807) is 6.92 Å². The third kappa shape index (κ3) is 2.22. The second kappa shape index (κ2) is 4.68. The molecule has 1 N–H and O–H groups in total. The van der Waals surface area contributed by atoms with Crippen LogP contribution in [0.5, 0.6) is 0 Å². The molecule has 2 aliphatic heterocycles. The second-order valence-electron chi connectivity index (χ2n) is 3.28. The van der Waals surface area contributed by atoms with Gasteiger partial charge in [-0.05, 0) is 6.92 Å². The van der Waals surface area contributed by atoms with Crippen molar-refractivity contribution in [1.29, 1.82) is 0 Å². The molecule has 0 amide bonds. The van der Waals surface area contributed by atoms with E-state index < -0.39 is 12.2 Å². The number of aliphatic hydroxyl groups is 1. The van der Waals surface area contributed by atoms with Gasteiger partial charge in [0.2, 0.25) is 0 Å². The van der Waals surface area contributed by atoms with Crippen molar-refractivity contribution in [3.63, 3.8) is 0 Å². The van der Waals surface area contributed by atoms with Gasteiger partial charge in [-0.25, -0.2) is 14.8 Å². The molecule has 1 atom stereocenters. The number of nitrogens with zero attached hydrogens (tertiary/aromatic N) is 3. The zero-order chi connectivity index (χ0) is 12.4. The number of aliphatic hydroxyl groups excluding tert-OH is 1. The third-order valence-electron chi connectivity index (χ3n) is 2.20. The minimum atomic E-state index is -1.16. The highest BCUT2D eigenvalue weighted by atomic mass is 35.5. The number of rotatable bonds is 2. The molecule has 90 valence electrons. The first-order valence-electron chi connectivity index (χ1n) is 4.96. The van der Waals surface area contributed by atoms with Gasteiger partial charge in [0.05, 0.1) is 12.8 Å². The maximum Gasteiger partial charge on any atom is 0.340 e. The Morgan fingerprint density at radius 1 is 1.71 bits per heavy atom. The van der Waals surface area contributed by atoms with Crippen molar-refractivity contribution in [2.24, 2.45) is 9.98 Å². The van der Waals surface area contributed by atoms with Crippen molar-refractivity contribution in [3.05, 3.63) is 23.1 Å². The molecule has 2 heterocycles. The van der Waals surface area contributed by atoms with Gasteiger partial charge in [-0.2, -0.15) is 0 Å². The number of amidine groups is 1. The van der Waals surface area contributed by atoms with Crippen LogP contribution in [0.4, 0.5) is 0 Å². The van der Waals surface area contributed by atoms with Crippen molar-refractivity contribution in [2.75, 3.05) is 6.61 Å². The lowest BCUT2D eigenvalue weighted by molar-refractivity contribution is -0.140. The highest BCUT2D eigenvalue weighted by Crippen LogP contribution is 2.21. The Hall–Kier alpha value is -1.66. The molecule has 0 bridgehead atoms. The van der Waals surface area contributed by atoms with Crippen LogP contribution in [-0.2, 0) is 9.53 Å². The molecule has 0 aliphatic carbocycles. The Bertz CT molecular complexity index is 467. The predicted octanol–water partition coefficient (Wildman–Crippen LogP) is 0.588. The summed E-state index contributed by atoms with van der Waals surface area (Å²) in [5.41, 5.74) is 0.0617. The quantitative estimate of drug-likeness (QED) is 0.579. The maximum atomic E-state index is 11.5. The Balaban J connectivity index is 2.28. The summed E-state index contributed by atoms with van der Waals surface area (Å²) in [4.78, 5) is 20.7. The number of hydrogen-bond donors (Lipinski definition) is 1. The predicted molar refractivity (Wildman–Crippen MR) is 62.4 cm³/mol. The van der Waals surface area contributed by atoms with Gasteiger partial charge < -0.3 is 9.84 Å². The van der Waals surface area contributed by atoms with Crippen LogP contribution >= 0.6 is 11.6 Å². The minimum absolute atomic E-state index is 0.0617. The normalized spacial score (nSPS) is 22.4. The molecule has 0 saturated heterocycles. The number of ether oxygens (including phenoxy) is 1. The van der Waals surface area contributed by atoms with Gasteiger partial charge in [-0.3, -0.25) is 4.90 Å². The average Bonchev–Trinajstić information content (AvgIpc) is 2.30. The molecule has 0 saturated carbocycles. The monoisotopic (exact) mass is 255 g/mol. The summed E-state index contributed by atoms with van der Waals surface area (Å²) in [6, 6.07) is 0. The molecule has 7 heteroatoms. The van der Waals surface area contributed by atoms with Crippen LogP contribution in [-0.4, -0.2) is 40.9 Å². The first-order chi connectivity index (χ1) is 8.13. The Kier molecular flexibility index (Phi) is 3.26. The van der Waals surface area contributed by atoms with E-state index >= 15 is 0 Å². The SMILES string of the molecule is CCOC(=O)C1=CN=C2C=NC(Cl)=CN2[C@@H]1O. The van der Waals surface area contributed by atoms with E-state index in [0.29, 0.717) is 5.84 Å². The first-order valence-corrected chi connectivity index (χ1v) is 5.34. The van der Waals surface area contributed by atoms with E-state index in [1.807, 2.05) is 0 Å². The van der Waals surface area contributed by atoms with Gasteiger partial charge >= 0.3 is 5.97 Å². The Labute approximate surface area is 103 Å². The van der Waals surface area contributed by atoms with Gasteiger partial charge in [-0.1, -0.05) is 11.6 Å². The van der Waals surface area contributed by atoms with E-state index in [1.165, 1.54) is 23.5 Å². The fourth-order valence-electron chi connectivity index (χ4n) is 1.42. The number of halogens is 1. The topological polar surface area (TPSA) is 74.5 Å². The van der Waals surface area contributed by atoms with E-state index in [0.717, 1.165) is 0 Å². The van der Waals surface area contributed by atoms with E-state index in [9.17, 15) is 9.90 Å². The third-order valence-corrected chi connectivity index (χ3v) is 2.40. The molecule has 0 fully saturated rings. The number of fused-ring (bicyclic) bond motifs is 1. The number of carbonyl (C=O) groups excluding carboxylic acids is 1. The second-order valence-corrected chi connectivity index (χ2v) is 3.67. The molecule has 0 aromatic heterocycles. The van der Waals surface area contributed by atoms with Gasteiger partial charge in [-0.15, -0.1) is 0 Å². The fraction of sp³-hybridized carbons (Fsp3) is 0.300. The number of esters is 1. The van der Waals surface area contributed by atoms with Crippen LogP contribution < -0.4 is 0 Å². The summed E-state index contributed by atoms with van der Waals surface area (Å²) >= 11 is 5.71. The molecule has 6 nitrogen and oxygen atoms in total. The average molecular weight is 256 g/mol. The largest absolute Gasteiger partial charge is 0.462 e. The van der Waals surface area contributed by atoms with E-state index in [-0.39, 0.29) is 17.3 Å². The maximum absolute atomic E-state index is 11.5. The summed E-state index contributed by atoms with van der Waals surface area (Å²) in [7, 11) is 0. The van der Waals surface area contributed by atoms with E-state index in [4.69, 9.17) is 16.3 Å². The Morgan fingerprint density at radius 3 is 3.18 bits per heavy atom. The lowest BCUT2D eigenvalue weighted by Gasteiger charge is -2.30. The van der Waals surface area contributed by atoms with Gasteiger partial charge in [0, 0.05) is 12.4 Å². The van der Waals surface area contributed by atoms with Crippen LogP contribution in [0.1, 0.15) is 6.92 Å². The van der Waals surface area contributed by atoms with Crippen LogP contribution in [0.2, 0.25) is 0 Å². The summed E-state index contributed by atoms with van der Waals surface area (Å²) < 4.78 is 4.81. The highest BCUT2D eigenvalue weighted by Gasteiger charge is 2.31. The minimum Gasteiger partial charge on any atom is -0.462 e. The lowest BCUT2D eigenvalue weighted by Crippen LogP contribution is -2.43. The standard InChI is InChI=1S/C10H10ClN3O3/c1-2-17-10(16)6-3-13-8-4-12-7(11)5-14(8)9(6)15/h3-5,9,15H,2H2,1H3/t9-/m1/s1. The molecule has 0 unspecified atom stereocenters. The van der Waals surface area contributed by atoms with Crippen molar-refractivity contribution in [3.8, 4) is 0 Å². The molecular weight excluding hydrogens is 246 g/mol. The van der Waals surface area contributed by atoms with E-state index in [2.05, 4.69) is 9.98 Å². The molecule has 0 spiro atoms. The van der Waals surface area contributed by atoms with Crippen molar-refractivity contribution < 1.29 is 14.6 Å². The zero-order valence-electron chi connectivity index (χ0n) is 9.00. The van der Waals surface area contributed by atoms with Crippen molar-refractivity contribution in [1.82, 2.24) is 4.90 Å². The number of carbonyl (C=O) groups is 1. The zero-order valence-corrected chi connectivity index (χ0v) is 9.76. The smallest absolute Gasteiger partial charge is 0.340 e. The number of hydrogen-bond acceptors (Lipinski definition) is 6. The molecule has 2 aliphatic rings. The fourth-order valence-corrected chi connectivity index (χ4v) is 1.57. The molecule has 2 rings (SSSR count). The summed E-state index contributed by atoms with van der Waals surface area (Å²) in [6.45, 7) is 1.92. The van der Waals surface area contributed by atoms with Crippen LogP contribution in [0, 0.1) is 0 Å². The van der Waals surface area contributed by atoms with Gasteiger partial charge in [0.1, 0.15) is 10.7 Å². The van der Waals surface area contributed by atoms with Crippen molar-refractivity contribution >= 4 is 29.6 Å². The number of aliphatic imine (C=N–C) groups is 2. The van der Waals surface area contributed by atoms with Gasteiger partial charge in [0.25, 0.3) is 0 Å². The van der Waals surface area contributed by atoms with Crippen LogP contribution in [0.3, 0.4) is 0 Å². The van der Waals surface area contributed by atoms with Crippen LogP contribution in [0.25, 0.3) is 0 Å².